The zero-order valence-electron chi connectivity index (χ0n) is 36.5. The fourth-order valence-corrected chi connectivity index (χ4v) is 8.28. The van der Waals surface area contributed by atoms with Gasteiger partial charge in [-0.2, -0.15) is 0 Å². The van der Waals surface area contributed by atoms with E-state index >= 15 is 0 Å². The third kappa shape index (κ3) is 9.11. The van der Waals surface area contributed by atoms with Crippen molar-refractivity contribution >= 4 is 17.0 Å². The third-order valence-corrected chi connectivity index (χ3v) is 11.9. The average molecular weight is 824 g/mol. The molecule has 8 aromatic carbocycles. The highest BCUT2D eigenvalue weighted by Gasteiger charge is 2.16. The molecule has 0 saturated heterocycles. The summed E-state index contributed by atoms with van der Waals surface area (Å²) >= 11 is 0. The fourth-order valence-electron chi connectivity index (χ4n) is 8.28. The number of hydrogen-bond donors (Lipinski definition) is 0. The van der Waals surface area contributed by atoms with Gasteiger partial charge in [-0.1, -0.05) is 208 Å². The second kappa shape index (κ2) is 18.9. The van der Waals surface area contributed by atoms with Gasteiger partial charge in [0.25, 0.3) is 0 Å². The zero-order valence-corrected chi connectivity index (χ0v) is 36.5. The minimum Gasteiger partial charge on any atom is -0.252 e. The number of hydrogen-bond acceptors (Lipinski definition) is 3. The van der Waals surface area contributed by atoms with Crippen molar-refractivity contribution in [1.82, 2.24) is 9.97 Å². The maximum Gasteiger partial charge on any atom is 0.160 e. The number of aryl methyl sites for hydroxylation is 1. The lowest BCUT2D eigenvalue weighted by molar-refractivity contribution is 1.14. The van der Waals surface area contributed by atoms with Crippen LogP contribution in [0.25, 0.3) is 78.6 Å². The van der Waals surface area contributed by atoms with Crippen molar-refractivity contribution in [3.63, 3.8) is 0 Å². The number of aliphatic imine (C=N–C) groups is 1. The summed E-state index contributed by atoms with van der Waals surface area (Å²) in [4.78, 5) is 15.3. The van der Waals surface area contributed by atoms with Gasteiger partial charge in [0.15, 0.2) is 5.82 Å². The van der Waals surface area contributed by atoms with Crippen LogP contribution < -0.4 is 0 Å². The topological polar surface area (TPSA) is 38.1 Å². The van der Waals surface area contributed by atoms with Crippen molar-refractivity contribution in [3.05, 3.63) is 253 Å². The van der Waals surface area contributed by atoms with Gasteiger partial charge in [0.05, 0.1) is 17.1 Å². The minimum atomic E-state index is 0.706. The van der Waals surface area contributed by atoms with Crippen LogP contribution in [-0.2, 0) is 6.42 Å². The molecule has 0 aliphatic rings. The Balaban J connectivity index is 1.09. The van der Waals surface area contributed by atoms with Crippen LogP contribution >= 0.6 is 0 Å². The molecule has 0 unspecified atom stereocenters. The van der Waals surface area contributed by atoms with E-state index in [4.69, 9.17) is 15.0 Å². The first kappa shape index (κ1) is 41.3. The van der Waals surface area contributed by atoms with Crippen molar-refractivity contribution in [2.24, 2.45) is 4.99 Å². The van der Waals surface area contributed by atoms with Gasteiger partial charge < -0.3 is 0 Å². The van der Waals surface area contributed by atoms with Crippen LogP contribution in [0.15, 0.2) is 230 Å². The first-order valence-corrected chi connectivity index (χ1v) is 21.9. The summed E-state index contributed by atoms with van der Waals surface area (Å²) in [5.74, 6) is 0.706. The second-order valence-corrected chi connectivity index (χ2v) is 16.0. The molecule has 0 fully saturated rings. The Morgan fingerprint density at radius 2 is 0.969 bits per heavy atom. The van der Waals surface area contributed by atoms with E-state index in [1.54, 1.807) is 0 Å². The molecule has 9 rings (SSSR count). The van der Waals surface area contributed by atoms with Crippen molar-refractivity contribution in [1.29, 1.82) is 0 Å². The monoisotopic (exact) mass is 823 g/mol. The van der Waals surface area contributed by atoms with E-state index in [0.717, 1.165) is 84.9 Å². The van der Waals surface area contributed by atoms with Crippen LogP contribution in [0.5, 0.6) is 0 Å². The van der Waals surface area contributed by atoms with Gasteiger partial charge in [0.1, 0.15) is 0 Å². The summed E-state index contributed by atoms with van der Waals surface area (Å²) in [7, 11) is 0. The number of benzene rings is 8. The molecular formula is C61H49N3. The van der Waals surface area contributed by atoms with Crippen LogP contribution in [0.4, 0.5) is 0 Å². The normalized spacial score (nSPS) is 11.7. The van der Waals surface area contributed by atoms with Crippen molar-refractivity contribution in [2.75, 3.05) is 0 Å². The Morgan fingerprint density at radius 3 is 1.59 bits per heavy atom. The van der Waals surface area contributed by atoms with Crippen molar-refractivity contribution < 1.29 is 0 Å². The van der Waals surface area contributed by atoms with Gasteiger partial charge in [0.2, 0.25) is 0 Å². The molecule has 0 atom stereocenters. The van der Waals surface area contributed by atoms with E-state index in [0.29, 0.717) is 5.82 Å². The highest BCUT2D eigenvalue weighted by Crippen LogP contribution is 2.39. The molecule has 3 heteroatoms. The van der Waals surface area contributed by atoms with Gasteiger partial charge in [-0.05, 0) is 106 Å². The van der Waals surface area contributed by atoms with E-state index in [-0.39, 0.29) is 0 Å². The summed E-state index contributed by atoms with van der Waals surface area (Å²) in [6.45, 7) is 11.0. The molecule has 0 amide bonds. The van der Waals surface area contributed by atoms with Gasteiger partial charge in [-0.15, -0.1) is 0 Å². The third-order valence-electron chi connectivity index (χ3n) is 11.9. The Hall–Kier alpha value is -8.01. The molecule has 0 saturated carbocycles. The Kier molecular flexibility index (Phi) is 12.2. The van der Waals surface area contributed by atoms with E-state index in [1.165, 1.54) is 27.8 Å². The molecular weight excluding hydrogens is 775 g/mol. The molecule has 308 valence electrons. The molecule has 3 nitrogen and oxygen atoms in total. The van der Waals surface area contributed by atoms with Crippen LogP contribution in [-0.4, -0.2) is 15.7 Å². The molecule has 1 heterocycles. The maximum absolute atomic E-state index is 5.21. The summed E-state index contributed by atoms with van der Waals surface area (Å²) in [6.07, 6.45) is 3.03. The number of aromatic nitrogens is 2. The van der Waals surface area contributed by atoms with Crippen molar-refractivity contribution in [2.45, 2.75) is 27.2 Å². The summed E-state index contributed by atoms with van der Waals surface area (Å²) < 4.78 is 0. The molecule has 0 radical (unpaired) electrons. The highest BCUT2D eigenvalue weighted by molar-refractivity contribution is 6.03. The van der Waals surface area contributed by atoms with E-state index in [2.05, 4.69) is 173 Å². The molecule has 0 N–H and O–H groups in total. The highest BCUT2D eigenvalue weighted by atomic mass is 14.9. The fraction of sp³-hybridized carbons (Fsp3) is 0.0656. The first-order chi connectivity index (χ1) is 31.4. The Morgan fingerprint density at radius 1 is 0.469 bits per heavy atom. The molecule has 0 aliphatic heterocycles. The van der Waals surface area contributed by atoms with Crippen LogP contribution in [0.3, 0.4) is 0 Å². The zero-order chi connectivity index (χ0) is 43.8. The SMILES string of the molecule is C=C(/C=C(\N=C(C)c1ccc(-c2cc(-c3ccc(-c4cc(-c5ccccc5)nc(-c5ccccc5)n4)cc3)cc(-c3ccccc3CC)c2C)cc1)c1ccccc1)c1ccccc1. The molecule has 64 heavy (non-hydrogen) atoms. The van der Waals surface area contributed by atoms with E-state index in [1.807, 2.05) is 72.8 Å². The molecule has 0 spiro atoms. The predicted molar refractivity (Wildman–Crippen MR) is 271 cm³/mol. The molecule has 1 aromatic heterocycles. The largest absolute Gasteiger partial charge is 0.252 e. The lowest BCUT2D eigenvalue weighted by Gasteiger charge is -2.18. The van der Waals surface area contributed by atoms with E-state index in [9.17, 15) is 0 Å². The second-order valence-electron chi connectivity index (χ2n) is 16.0. The van der Waals surface area contributed by atoms with Gasteiger partial charge in [-0.25, -0.2) is 9.97 Å². The minimum absolute atomic E-state index is 0.706. The van der Waals surface area contributed by atoms with E-state index < -0.39 is 0 Å². The molecule has 0 bridgehead atoms. The van der Waals surface area contributed by atoms with Gasteiger partial charge >= 0.3 is 0 Å². The smallest absolute Gasteiger partial charge is 0.160 e. The average Bonchev–Trinajstić information content (AvgIpc) is 3.37. The lowest BCUT2D eigenvalue weighted by atomic mass is 9.86. The van der Waals surface area contributed by atoms with Crippen LogP contribution in [0.2, 0.25) is 0 Å². The quantitative estimate of drug-likeness (QED) is 0.0909. The summed E-state index contributed by atoms with van der Waals surface area (Å²) in [5.41, 5.74) is 20.5. The van der Waals surface area contributed by atoms with Crippen LogP contribution in [0.1, 0.15) is 41.7 Å². The Labute approximate surface area is 377 Å². The standard InChI is InChI=1S/C61H49N3/c1-5-45-20-18-19-29-55(45)57-40-54(48-32-36-52(37-33-48)60-41-59(51-25-14-8-15-26-51)63-61(64-60)53-27-16-9-17-28-53)39-56(43(57)3)49-34-30-47(31-35-49)44(4)62-58(50-23-12-7-13-24-50)38-42(2)46-21-10-6-11-22-46/h6-41H,2,5H2,1,3-4H3/b58-38-,62-44?. The predicted octanol–water partition coefficient (Wildman–Crippen LogP) is 15.9. The Bertz CT molecular complexity index is 3050. The number of nitrogens with zero attached hydrogens (tertiary/aromatic N) is 3. The number of allylic oxidation sites excluding steroid dienone is 2. The van der Waals surface area contributed by atoms with Crippen LogP contribution in [0, 0.1) is 6.92 Å². The summed E-state index contributed by atoms with van der Waals surface area (Å²) in [6, 6.07) is 74.4. The van der Waals surface area contributed by atoms with Crippen molar-refractivity contribution in [3.8, 4) is 67.3 Å². The maximum atomic E-state index is 5.21. The number of rotatable bonds is 12. The van der Waals surface area contributed by atoms with Gasteiger partial charge in [0, 0.05) is 28.0 Å². The lowest BCUT2D eigenvalue weighted by Crippen LogP contribution is -1.98. The summed E-state index contributed by atoms with van der Waals surface area (Å²) in [5, 5.41) is 0. The molecule has 9 aromatic rings. The van der Waals surface area contributed by atoms with Gasteiger partial charge in [-0.3, -0.25) is 4.99 Å². The first-order valence-electron chi connectivity index (χ1n) is 21.9. The molecule has 0 aliphatic carbocycles.